The Balaban J connectivity index is 0.00000243. The zero-order chi connectivity index (χ0) is 17.9. The van der Waals surface area contributed by atoms with E-state index in [1.807, 2.05) is 33.0 Å². The smallest absolute Gasteiger partial charge is 0.410 e. The van der Waals surface area contributed by atoms with E-state index >= 15 is 0 Å². The fourth-order valence-electron chi connectivity index (χ4n) is 2.87. The minimum Gasteiger partial charge on any atom is -0.444 e. The van der Waals surface area contributed by atoms with E-state index in [0.29, 0.717) is 13.1 Å². The van der Waals surface area contributed by atoms with Gasteiger partial charge in [-0.3, -0.25) is 4.98 Å². The van der Waals surface area contributed by atoms with Gasteiger partial charge in [0, 0.05) is 44.3 Å². The third-order valence-corrected chi connectivity index (χ3v) is 4.16. The maximum atomic E-state index is 12.1. The highest BCUT2D eigenvalue weighted by Crippen LogP contribution is 2.23. The maximum absolute atomic E-state index is 12.1. The number of hydrogen-bond donors (Lipinski definition) is 0. The summed E-state index contributed by atoms with van der Waals surface area (Å²) >= 11 is 0. The molecule has 0 spiro atoms. The van der Waals surface area contributed by atoms with Crippen LogP contribution in [0.25, 0.3) is 11.1 Å². The van der Waals surface area contributed by atoms with E-state index < -0.39 is 5.60 Å². The fraction of sp³-hybridized carbons (Fsp3) is 0.400. The molecule has 1 aromatic carbocycles. The largest absolute Gasteiger partial charge is 0.444 e. The van der Waals surface area contributed by atoms with Crippen molar-refractivity contribution in [3.63, 3.8) is 0 Å². The van der Waals surface area contributed by atoms with Gasteiger partial charge in [0.05, 0.1) is 0 Å². The van der Waals surface area contributed by atoms with Crippen LogP contribution in [0.1, 0.15) is 20.8 Å². The van der Waals surface area contributed by atoms with Gasteiger partial charge in [-0.25, -0.2) is 4.79 Å². The third kappa shape index (κ3) is 5.11. The normalized spacial score (nSPS) is 14.6. The molecule has 3 rings (SSSR count). The van der Waals surface area contributed by atoms with Crippen molar-refractivity contribution in [1.82, 2.24) is 9.88 Å². The summed E-state index contributed by atoms with van der Waals surface area (Å²) in [5, 5.41) is 0. The van der Waals surface area contributed by atoms with Crippen molar-refractivity contribution in [1.29, 1.82) is 0 Å². The molecular weight excluding hydrogens is 350 g/mol. The minimum atomic E-state index is -0.448. The van der Waals surface area contributed by atoms with Gasteiger partial charge < -0.3 is 14.5 Å². The number of nitrogens with zero attached hydrogens (tertiary/aromatic N) is 3. The molecule has 0 radical (unpaired) electrons. The van der Waals surface area contributed by atoms with Crippen LogP contribution in [0.5, 0.6) is 0 Å². The lowest BCUT2D eigenvalue weighted by Crippen LogP contribution is -2.50. The summed E-state index contributed by atoms with van der Waals surface area (Å²) in [6, 6.07) is 12.5. The van der Waals surface area contributed by atoms with Crippen LogP contribution in [0.4, 0.5) is 10.5 Å². The van der Waals surface area contributed by atoms with Crippen molar-refractivity contribution >= 4 is 24.2 Å². The Morgan fingerprint density at radius 2 is 1.65 bits per heavy atom. The molecule has 140 valence electrons. The molecule has 0 bridgehead atoms. The number of ether oxygens (including phenoxy) is 1. The summed E-state index contributed by atoms with van der Waals surface area (Å²) in [5.41, 5.74) is 3.00. The predicted octanol–water partition coefficient (Wildman–Crippen LogP) is 4.23. The van der Waals surface area contributed by atoms with Crippen LogP contribution in [-0.4, -0.2) is 47.8 Å². The molecule has 1 saturated heterocycles. The number of benzene rings is 1. The fourth-order valence-corrected chi connectivity index (χ4v) is 2.87. The van der Waals surface area contributed by atoms with Crippen LogP contribution in [0.2, 0.25) is 0 Å². The number of aromatic nitrogens is 1. The quantitative estimate of drug-likeness (QED) is 0.788. The van der Waals surface area contributed by atoms with E-state index in [1.54, 1.807) is 11.1 Å². The third-order valence-electron chi connectivity index (χ3n) is 4.16. The highest BCUT2D eigenvalue weighted by Gasteiger charge is 2.25. The number of halogens is 1. The summed E-state index contributed by atoms with van der Waals surface area (Å²) in [7, 11) is 0. The Morgan fingerprint density at radius 1 is 1.00 bits per heavy atom. The molecule has 0 atom stereocenters. The Labute approximate surface area is 161 Å². The minimum absolute atomic E-state index is 0. The first-order valence-corrected chi connectivity index (χ1v) is 8.66. The SMILES string of the molecule is CC(C)(C)OC(=O)N1CCN(c2ccc(-c3cccnc3)cc2)CC1.Cl. The summed E-state index contributed by atoms with van der Waals surface area (Å²) < 4.78 is 5.45. The molecule has 2 heterocycles. The number of rotatable bonds is 2. The molecular formula is C20H26ClN3O2. The molecule has 1 aliphatic heterocycles. The highest BCUT2D eigenvalue weighted by molar-refractivity contribution is 5.85. The molecule has 6 heteroatoms. The van der Waals surface area contributed by atoms with Gasteiger partial charge in [0.2, 0.25) is 0 Å². The molecule has 1 amide bonds. The lowest BCUT2D eigenvalue weighted by atomic mass is 10.1. The predicted molar refractivity (Wildman–Crippen MR) is 107 cm³/mol. The number of anilines is 1. The molecule has 0 N–H and O–H groups in total. The molecule has 1 aliphatic rings. The van der Waals surface area contributed by atoms with E-state index in [0.717, 1.165) is 24.2 Å². The van der Waals surface area contributed by atoms with Crippen molar-refractivity contribution in [3.8, 4) is 11.1 Å². The second-order valence-corrected chi connectivity index (χ2v) is 7.24. The average Bonchev–Trinajstić information content (AvgIpc) is 2.61. The van der Waals surface area contributed by atoms with Crippen LogP contribution >= 0.6 is 12.4 Å². The van der Waals surface area contributed by atoms with E-state index in [2.05, 4.69) is 40.2 Å². The Hall–Kier alpha value is -2.27. The van der Waals surface area contributed by atoms with Crippen molar-refractivity contribution in [3.05, 3.63) is 48.8 Å². The van der Waals surface area contributed by atoms with Crippen molar-refractivity contribution < 1.29 is 9.53 Å². The van der Waals surface area contributed by atoms with Gasteiger partial charge in [-0.2, -0.15) is 0 Å². The average molecular weight is 376 g/mol. The Morgan fingerprint density at radius 3 is 2.19 bits per heavy atom. The lowest BCUT2D eigenvalue weighted by Gasteiger charge is -2.36. The first-order valence-electron chi connectivity index (χ1n) is 8.66. The van der Waals surface area contributed by atoms with Gasteiger partial charge >= 0.3 is 6.09 Å². The van der Waals surface area contributed by atoms with Gasteiger partial charge in [0.25, 0.3) is 0 Å². The zero-order valence-electron chi connectivity index (χ0n) is 15.5. The summed E-state index contributed by atoms with van der Waals surface area (Å²) in [6.07, 6.45) is 3.43. The van der Waals surface area contributed by atoms with Gasteiger partial charge in [-0.05, 0) is 50.1 Å². The van der Waals surface area contributed by atoms with Crippen LogP contribution in [0, 0.1) is 0 Å². The van der Waals surface area contributed by atoms with Crippen LogP contribution in [-0.2, 0) is 4.74 Å². The number of carbonyl (C=O) groups excluding carboxylic acids is 1. The molecule has 26 heavy (non-hydrogen) atoms. The molecule has 1 fully saturated rings. The van der Waals surface area contributed by atoms with Crippen molar-refractivity contribution in [2.24, 2.45) is 0 Å². The van der Waals surface area contributed by atoms with Crippen LogP contribution in [0.15, 0.2) is 48.8 Å². The summed E-state index contributed by atoms with van der Waals surface area (Å²) in [4.78, 5) is 20.4. The number of carbonyl (C=O) groups is 1. The Kier molecular flexibility index (Phi) is 6.48. The van der Waals surface area contributed by atoms with E-state index in [4.69, 9.17) is 4.74 Å². The first-order chi connectivity index (χ1) is 11.9. The molecule has 5 nitrogen and oxygen atoms in total. The van der Waals surface area contributed by atoms with E-state index in [1.165, 1.54) is 5.69 Å². The van der Waals surface area contributed by atoms with Gasteiger partial charge in [-0.15, -0.1) is 12.4 Å². The molecule has 0 unspecified atom stereocenters. The number of amides is 1. The molecule has 2 aromatic rings. The standard InChI is InChI=1S/C20H25N3O2.ClH/c1-20(2,3)25-19(24)23-13-11-22(12-14-23)18-8-6-16(7-9-18)17-5-4-10-21-15-17;/h4-10,15H,11-14H2,1-3H3;1H. The van der Waals surface area contributed by atoms with Crippen LogP contribution < -0.4 is 4.90 Å². The number of hydrogen-bond acceptors (Lipinski definition) is 4. The second kappa shape index (κ2) is 8.41. The summed E-state index contributed by atoms with van der Waals surface area (Å²) in [6.45, 7) is 8.66. The molecule has 1 aromatic heterocycles. The van der Waals surface area contributed by atoms with E-state index in [9.17, 15) is 4.79 Å². The van der Waals surface area contributed by atoms with Crippen molar-refractivity contribution in [2.75, 3.05) is 31.1 Å². The van der Waals surface area contributed by atoms with E-state index in [-0.39, 0.29) is 18.5 Å². The molecule has 0 saturated carbocycles. The molecule has 0 aliphatic carbocycles. The van der Waals surface area contributed by atoms with Gasteiger partial charge in [0.1, 0.15) is 5.60 Å². The lowest BCUT2D eigenvalue weighted by molar-refractivity contribution is 0.0240. The zero-order valence-corrected chi connectivity index (χ0v) is 16.3. The topological polar surface area (TPSA) is 45.7 Å². The number of piperazine rings is 1. The van der Waals surface area contributed by atoms with Gasteiger partial charge in [-0.1, -0.05) is 18.2 Å². The highest BCUT2D eigenvalue weighted by atomic mass is 35.5. The number of pyridine rings is 1. The first kappa shape index (κ1) is 20.0. The second-order valence-electron chi connectivity index (χ2n) is 7.24. The van der Waals surface area contributed by atoms with Crippen molar-refractivity contribution in [2.45, 2.75) is 26.4 Å². The van der Waals surface area contributed by atoms with Gasteiger partial charge in [0.15, 0.2) is 0 Å². The monoisotopic (exact) mass is 375 g/mol. The van der Waals surface area contributed by atoms with Crippen LogP contribution in [0.3, 0.4) is 0 Å². The summed E-state index contributed by atoms with van der Waals surface area (Å²) in [5.74, 6) is 0. The Bertz CT molecular complexity index is 706. The maximum Gasteiger partial charge on any atom is 0.410 e.